The van der Waals surface area contributed by atoms with Gasteiger partial charge in [0.1, 0.15) is 24.4 Å². The average Bonchev–Trinajstić information content (AvgIpc) is 2.86. The summed E-state index contributed by atoms with van der Waals surface area (Å²) in [6, 6.07) is 5.45. The highest BCUT2D eigenvalue weighted by atomic mass is 16.5. The molecule has 0 aliphatic heterocycles. The molecule has 0 radical (unpaired) electrons. The maximum Gasteiger partial charge on any atom is 0.369 e. The minimum atomic E-state index is -0.455. The molecule has 0 amide bonds. The standard InChI is InChI=1S/C13H13N7O2/c1-9-5-3-4-6-11(9)22-7-10-12(16-15-8-14-10)20-13(21)19(2)17-18-20/h3-6,8H,7H2,1-2H3/i3T. The van der Waals surface area contributed by atoms with Gasteiger partial charge in [0.25, 0.3) is 0 Å². The highest BCUT2D eigenvalue weighted by molar-refractivity contribution is 5.32. The zero-order valence-electron chi connectivity index (χ0n) is 13.0. The van der Waals surface area contributed by atoms with Gasteiger partial charge >= 0.3 is 5.69 Å². The van der Waals surface area contributed by atoms with Gasteiger partial charge in [-0.1, -0.05) is 18.2 Å². The monoisotopic (exact) mass is 301 g/mol. The minimum absolute atomic E-state index is 0.0755. The van der Waals surface area contributed by atoms with Crippen LogP contribution in [-0.2, 0) is 13.7 Å². The van der Waals surface area contributed by atoms with Crippen molar-refractivity contribution in [2.45, 2.75) is 13.5 Å². The van der Waals surface area contributed by atoms with Crippen LogP contribution in [0.2, 0.25) is 0 Å². The summed E-state index contributed by atoms with van der Waals surface area (Å²) in [5.74, 6) is 0.789. The van der Waals surface area contributed by atoms with Crippen LogP contribution < -0.4 is 10.4 Å². The number of hydrogen-bond donors (Lipinski definition) is 0. The molecule has 3 rings (SSSR count). The Morgan fingerprint density at radius 3 is 2.95 bits per heavy atom. The first-order valence-electron chi connectivity index (χ1n) is 6.92. The first kappa shape index (κ1) is 12.6. The Hall–Kier alpha value is -3.10. The fourth-order valence-corrected chi connectivity index (χ4v) is 1.81. The second-order valence-electron chi connectivity index (χ2n) is 4.51. The number of ether oxygens (including phenoxy) is 1. The van der Waals surface area contributed by atoms with Crippen LogP contribution in [0.3, 0.4) is 0 Å². The van der Waals surface area contributed by atoms with Gasteiger partial charge < -0.3 is 4.74 Å². The predicted octanol–water partition coefficient (Wildman–Crippen LogP) is 0.0384. The number of benzene rings is 1. The van der Waals surface area contributed by atoms with Gasteiger partial charge in [0.2, 0.25) is 5.82 Å². The van der Waals surface area contributed by atoms with Crippen molar-refractivity contribution in [1.82, 2.24) is 35.0 Å². The Bertz CT molecular complexity index is 905. The van der Waals surface area contributed by atoms with Crippen LogP contribution in [0.1, 0.15) is 12.6 Å². The van der Waals surface area contributed by atoms with Crippen LogP contribution in [0.25, 0.3) is 5.82 Å². The predicted molar refractivity (Wildman–Crippen MR) is 75.5 cm³/mol. The number of aryl methyl sites for hydroxylation is 2. The number of hydrogen-bond acceptors (Lipinski definition) is 7. The SMILES string of the molecule is [3H]c1ccc(OCc2ncnnc2-n2nnn(C)c2=O)c(C)c1. The lowest BCUT2D eigenvalue weighted by Gasteiger charge is -2.09. The van der Waals surface area contributed by atoms with Crippen LogP contribution in [0.5, 0.6) is 5.75 Å². The molecule has 0 aliphatic rings. The van der Waals surface area contributed by atoms with Gasteiger partial charge in [-0.15, -0.1) is 14.9 Å². The Morgan fingerprint density at radius 2 is 2.23 bits per heavy atom. The maximum absolute atomic E-state index is 11.9. The van der Waals surface area contributed by atoms with Crippen LogP contribution in [0.4, 0.5) is 0 Å². The number of para-hydroxylation sites is 1. The number of rotatable bonds is 4. The summed E-state index contributed by atoms with van der Waals surface area (Å²) in [4.78, 5) is 16.0. The van der Waals surface area contributed by atoms with Crippen molar-refractivity contribution in [3.8, 4) is 11.6 Å². The van der Waals surface area contributed by atoms with Crippen molar-refractivity contribution in [2.75, 3.05) is 0 Å². The van der Waals surface area contributed by atoms with Crippen molar-refractivity contribution in [3.05, 3.63) is 52.3 Å². The molecule has 22 heavy (non-hydrogen) atoms. The molecule has 112 valence electrons. The molecular formula is C13H13N7O2. The largest absolute Gasteiger partial charge is 0.487 e. The smallest absolute Gasteiger partial charge is 0.369 e. The van der Waals surface area contributed by atoms with E-state index in [4.69, 9.17) is 6.11 Å². The Kier molecular flexibility index (Phi) is 3.28. The lowest BCUT2D eigenvalue weighted by atomic mass is 10.2. The molecule has 0 bridgehead atoms. The summed E-state index contributed by atoms with van der Waals surface area (Å²) in [6.07, 6.45) is 1.27. The van der Waals surface area contributed by atoms with Crippen LogP contribution in [-0.4, -0.2) is 35.0 Å². The van der Waals surface area contributed by atoms with Gasteiger partial charge in [0.05, 0.1) is 1.37 Å². The molecule has 0 unspecified atom stereocenters. The average molecular weight is 301 g/mol. The fourth-order valence-electron chi connectivity index (χ4n) is 1.81. The zero-order valence-corrected chi connectivity index (χ0v) is 12.0. The molecule has 3 aromatic rings. The maximum atomic E-state index is 11.9. The Labute approximate surface area is 126 Å². The molecule has 0 saturated carbocycles. The minimum Gasteiger partial charge on any atom is -0.487 e. The van der Waals surface area contributed by atoms with Crippen LogP contribution in [0, 0.1) is 6.92 Å². The summed E-state index contributed by atoms with van der Waals surface area (Å²) in [5.41, 5.74) is 0.776. The molecular weight excluding hydrogens is 286 g/mol. The van der Waals surface area contributed by atoms with Crippen LogP contribution >= 0.6 is 0 Å². The molecule has 0 spiro atoms. The highest BCUT2D eigenvalue weighted by Gasteiger charge is 2.15. The summed E-state index contributed by atoms with van der Waals surface area (Å²) in [7, 11) is 1.48. The number of tetrazole rings is 1. The van der Waals surface area contributed by atoms with Gasteiger partial charge in [-0.3, -0.25) is 0 Å². The first-order chi connectivity index (χ1) is 11.1. The summed E-state index contributed by atoms with van der Waals surface area (Å²) in [6.45, 7) is 1.92. The van der Waals surface area contributed by atoms with Crippen molar-refractivity contribution >= 4 is 0 Å². The molecule has 0 aliphatic carbocycles. The zero-order chi connectivity index (χ0) is 16.4. The molecule has 1 aromatic carbocycles. The van der Waals surface area contributed by atoms with E-state index in [1.165, 1.54) is 13.4 Å². The fraction of sp³-hybridized carbons (Fsp3) is 0.231. The third kappa shape index (κ3) is 2.55. The molecule has 9 heteroatoms. The van der Waals surface area contributed by atoms with E-state index in [9.17, 15) is 4.79 Å². The van der Waals surface area contributed by atoms with E-state index in [1.54, 1.807) is 18.2 Å². The molecule has 9 nitrogen and oxygen atoms in total. The molecule has 0 fully saturated rings. The topological polar surface area (TPSA) is 101 Å². The first-order valence-corrected chi connectivity index (χ1v) is 6.42. The Balaban J connectivity index is 1.89. The Morgan fingerprint density at radius 1 is 1.36 bits per heavy atom. The van der Waals surface area contributed by atoms with E-state index in [0.717, 1.165) is 14.9 Å². The summed E-state index contributed by atoms with van der Waals surface area (Å²) < 4.78 is 15.4. The van der Waals surface area contributed by atoms with Crippen molar-refractivity contribution in [1.29, 1.82) is 0 Å². The van der Waals surface area contributed by atoms with Gasteiger partial charge in [-0.2, -0.15) is 4.68 Å². The van der Waals surface area contributed by atoms with E-state index in [0.29, 0.717) is 17.5 Å². The lowest BCUT2D eigenvalue weighted by Crippen LogP contribution is -2.24. The molecule has 0 atom stereocenters. The third-order valence-corrected chi connectivity index (χ3v) is 2.98. The van der Waals surface area contributed by atoms with Gasteiger partial charge in [-0.25, -0.2) is 9.78 Å². The summed E-state index contributed by atoms with van der Waals surface area (Å²) in [5, 5.41) is 14.9. The van der Waals surface area contributed by atoms with E-state index >= 15 is 0 Å². The number of aromatic nitrogens is 7. The number of nitrogens with zero attached hydrogens (tertiary/aromatic N) is 7. The van der Waals surface area contributed by atoms with E-state index < -0.39 is 5.69 Å². The van der Waals surface area contributed by atoms with E-state index in [-0.39, 0.29) is 12.4 Å². The molecule has 0 N–H and O–H groups in total. The second kappa shape index (κ2) is 5.72. The normalized spacial score (nSPS) is 11.3. The molecule has 2 heterocycles. The lowest BCUT2D eigenvalue weighted by molar-refractivity contribution is 0.297. The second-order valence-corrected chi connectivity index (χ2v) is 4.51. The molecule has 0 saturated heterocycles. The molecule has 2 aromatic heterocycles. The van der Waals surface area contributed by atoms with Gasteiger partial charge in [-0.05, 0) is 29.0 Å². The van der Waals surface area contributed by atoms with Crippen LogP contribution in [0.15, 0.2) is 35.4 Å². The highest BCUT2D eigenvalue weighted by Crippen LogP contribution is 2.18. The van der Waals surface area contributed by atoms with Crippen molar-refractivity contribution in [2.24, 2.45) is 7.05 Å². The third-order valence-electron chi connectivity index (χ3n) is 2.98. The van der Waals surface area contributed by atoms with E-state index in [2.05, 4.69) is 25.6 Å². The van der Waals surface area contributed by atoms with Crippen molar-refractivity contribution in [3.63, 3.8) is 0 Å². The summed E-state index contributed by atoms with van der Waals surface area (Å²) >= 11 is 0. The van der Waals surface area contributed by atoms with E-state index in [1.807, 2.05) is 6.92 Å². The van der Waals surface area contributed by atoms with Crippen molar-refractivity contribution < 1.29 is 6.11 Å². The quantitative estimate of drug-likeness (QED) is 0.670. The van der Waals surface area contributed by atoms with Gasteiger partial charge in [0, 0.05) is 7.05 Å². The van der Waals surface area contributed by atoms with Gasteiger partial charge in [0.15, 0.2) is 0 Å².